The number of para-hydroxylation sites is 3. The fourth-order valence-electron chi connectivity index (χ4n) is 3.60. The third-order valence-corrected chi connectivity index (χ3v) is 4.90. The first-order valence-corrected chi connectivity index (χ1v) is 9.65. The predicted molar refractivity (Wildman–Crippen MR) is 114 cm³/mol. The number of allylic oxidation sites excluding steroid dienone is 1. The van der Waals surface area contributed by atoms with Crippen LogP contribution in [0, 0.1) is 10.1 Å². The normalized spacial score (nSPS) is 15.1. The Hall–Kier alpha value is -4.21. The average molecular weight is 420 g/mol. The molecule has 2 heterocycles. The number of hydrogen-bond acceptors (Lipinski definition) is 7. The van der Waals surface area contributed by atoms with Gasteiger partial charge in [0.1, 0.15) is 18.1 Å². The van der Waals surface area contributed by atoms with E-state index in [1.165, 1.54) is 17.1 Å². The van der Waals surface area contributed by atoms with E-state index in [1.54, 1.807) is 43.3 Å². The topological polar surface area (TPSA) is 124 Å². The van der Waals surface area contributed by atoms with E-state index in [0.717, 1.165) is 0 Å². The SMILES string of the molecule is CCOc1ccccc1NC(=O)C1=C(C)Nc2ncnn2C1c1ccccc1[N+](=O)[O-]. The van der Waals surface area contributed by atoms with Crippen molar-refractivity contribution in [2.45, 2.75) is 19.9 Å². The molecule has 1 aromatic heterocycles. The summed E-state index contributed by atoms with van der Waals surface area (Å²) in [6.07, 6.45) is 1.34. The molecule has 0 radical (unpaired) electrons. The van der Waals surface area contributed by atoms with E-state index in [2.05, 4.69) is 20.7 Å². The molecule has 1 unspecified atom stereocenters. The Bertz CT molecular complexity index is 1190. The van der Waals surface area contributed by atoms with Crippen LogP contribution in [0.2, 0.25) is 0 Å². The van der Waals surface area contributed by atoms with Crippen LogP contribution in [0.3, 0.4) is 0 Å². The van der Waals surface area contributed by atoms with E-state index < -0.39 is 16.9 Å². The van der Waals surface area contributed by atoms with Gasteiger partial charge in [-0.1, -0.05) is 24.3 Å². The lowest BCUT2D eigenvalue weighted by Gasteiger charge is -2.28. The number of aromatic nitrogens is 3. The molecule has 0 saturated carbocycles. The summed E-state index contributed by atoms with van der Waals surface area (Å²) >= 11 is 0. The van der Waals surface area contributed by atoms with Crippen molar-refractivity contribution < 1.29 is 14.5 Å². The first kappa shape index (κ1) is 20.1. The lowest BCUT2D eigenvalue weighted by molar-refractivity contribution is -0.385. The van der Waals surface area contributed by atoms with Gasteiger partial charge in [-0.15, -0.1) is 0 Å². The van der Waals surface area contributed by atoms with Crippen LogP contribution in [0.15, 0.2) is 66.1 Å². The minimum absolute atomic E-state index is 0.108. The van der Waals surface area contributed by atoms with Crippen LogP contribution in [0.25, 0.3) is 0 Å². The average Bonchev–Trinajstić information content (AvgIpc) is 3.22. The molecule has 1 aliphatic rings. The molecule has 0 fully saturated rings. The molecule has 4 rings (SSSR count). The largest absolute Gasteiger partial charge is 0.492 e. The second kappa shape index (κ2) is 8.27. The number of rotatable bonds is 6. The Morgan fingerprint density at radius 1 is 1.26 bits per heavy atom. The van der Waals surface area contributed by atoms with E-state index in [9.17, 15) is 14.9 Å². The summed E-state index contributed by atoms with van der Waals surface area (Å²) in [5, 5.41) is 21.8. The second-order valence-corrected chi connectivity index (χ2v) is 6.79. The Kier molecular flexibility index (Phi) is 5.35. The van der Waals surface area contributed by atoms with Gasteiger partial charge in [0.2, 0.25) is 5.95 Å². The summed E-state index contributed by atoms with van der Waals surface area (Å²) < 4.78 is 7.07. The molecule has 2 aromatic carbocycles. The minimum Gasteiger partial charge on any atom is -0.492 e. The number of nitro groups is 1. The first-order valence-electron chi connectivity index (χ1n) is 9.65. The van der Waals surface area contributed by atoms with Gasteiger partial charge in [0.15, 0.2) is 0 Å². The summed E-state index contributed by atoms with van der Waals surface area (Å²) in [7, 11) is 0. The minimum atomic E-state index is -0.834. The van der Waals surface area contributed by atoms with Gasteiger partial charge in [-0.25, -0.2) is 4.68 Å². The molecule has 0 spiro atoms. The number of carbonyl (C=O) groups excluding carboxylic acids is 1. The van der Waals surface area contributed by atoms with Crippen LogP contribution in [0.1, 0.15) is 25.5 Å². The van der Waals surface area contributed by atoms with Crippen LogP contribution in [-0.2, 0) is 4.79 Å². The van der Waals surface area contributed by atoms with Crippen LogP contribution in [0.4, 0.5) is 17.3 Å². The van der Waals surface area contributed by atoms with Crippen molar-refractivity contribution in [3.63, 3.8) is 0 Å². The van der Waals surface area contributed by atoms with Gasteiger partial charge in [0.25, 0.3) is 11.6 Å². The summed E-state index contributed by atoms with van der Waals surface area (Å²) in [5.41, 5.74) is 1.54. The molecular weight excluding hydrogens is 400 g/mol. The highest BCUT2D eigenvalue weighted by Crippen LogP contribution is 2.39. The molecule has 10 heteroatoms. The number of amides is 1. The van der Waals surface area contributed by atoms with Crippen molar-refractivity contribution in [1.29, 1.82) is 0 Å². The third-order valence-electron chi connectivity index (χ3n) is 4.90. The van der Waals surface area contributed by atoms with Gasteiger partial charge < -0.3 is 15.4 Å². The molecule has 1 atom stereocenters. The van der Waals surface area contributed by atoms with E-state index in [-0.39, 0.29) is 5.69 Å². The van der Waals surface area contributed by atoms with Crippen molar-refractivity contribution in [2.75, 3.05) is 17.2 Å². The maximum absolute atomic E-state index is 13.4. The molecule has 1 aliphatic heterocycles. The molecule has 31 heavy (non-hydrogen) atoms. The van der Waals surface area contributed by atoms with E-state index in [0.29, 0.717) is 40.8 Å². The summed E-state index contributed by atoms with van der Waals surface area (Å²) in [5.74, 6) is 0.498. The number of nitrogens with one attached hydrogen (secondary N) is 2. The summed E-state index contributed by atoms with van der Waals surface area (Å²) in [4.78, 5) is 28.8. The van der Waals surface area contributed by atoms with Crippen LogP contribution < -0.4 is 15.4 Å². The van der Waals surface area contributed by atoms with Gasteiger partial charge in [0.05, 0.1) is 28.4 Å². The number of nitrogens with zero attached hydrogens (tertiary/aromatic N) is 4. The monoisotopic (exact) mass is 420 g/mol. The smallest absolute Gasteiger partial charge is 0.275 e. The van der Waals surface area contributed by atoms with Crippen molar-refractivity contribution in [2.24, 2.45) is 0 Å². The Labute approximate surface area is 177 Å². The van der Waals surface area contributed by atoms with Crippen LogP contribution in [0.5, 0.6) is 5.75 Å². The second-order valence-electron chi connectivity index (χ2n) is 6.79. The standard InChI is InChI=1S/C21H20N6O4/c1-3-31-17-11-7-5-9-15(17)25-20(28)18-13(2)24-21-22-12-23-26(21)19(18)14-8-4-6-10-16(14)27(29)30/h4-12,19H,3H2,1-2H3,(H,25,28)(H,22,23,24). The highest BCUT2D eigenvalue weighted by molar-refractivity contribution is 6.06. The van der Waals surface area contributed by atoms with Crippen molar-refractivity contribution >= 4 is 23.2 Å². The van der Waals surface area contributed by atoms with Crippen molar-refractivity contribution in [1.82, 2.24) is 14.8 Å². The van der Waals surface area contributed by atoms with Crippen LogP contribution in [-0.4, -0.2) is 32.2 Å². The third kappa shape index (κ3) is 3.70. The van der Waals surface area contributed by atoms with Gasteiger partial charge >= 0.3 is 0 Å². The number of benzene rings is 2. The highest BCUT2D eigenvalue weighted by atomic mass is 16.6. The Balaban J connectivity index is 1.80. The number of anilines is 2. The van der Waals surface area contributed by atoms with Crippen molar-refractivity contribution in [3.05, 3.63) is 81.8 Å². The number of ether oxygens (including phenoxy) is 1. The zero-order chi connectivity index (χ0) is 22.0. The summed E-state index contributed by atoms with van der Waals surface area (Å²) in [6, 6.07) is 12.6. The first-order chi connectivity index (χ1) is 15.0. The number of carbonyl (C=O) groups is 1. The fourth-order valence-corrected chi connectivity index (χ4v) is 3.60. The number of hydrogen-bond donors (Lipinski definition) is 2. The van der Waals surface area contributed by atoms with Crippen LogP contribution >= 0.6 is 0 Å². The Morgan fingerprint density at radius 2 is 2.00 bits per heavy atom. The summed E-state index contributed by atoms with van der Waals surface area (Å²) in [6.45, 7) is 4.02. The molecule has 1 amide bonds. The molecule has 0 aliphatic carbocycles. The fraction of sp³-hybridized carbons (Fsp3) is 0.190. The van der Waals surface area contributed by atoms with E-state index >= 15 is 0 Å². The molecule has 0 bridgehead atoms. The van der Waals surface area contributed by atoms with Gasteiger partial charge in [0, 0.05) is 11.8 Å². The Morgan fingerprint density at radius 3 is 2.77 bits per heavy atom. The molecule has 2 N–H and O–H groups in total. The molecule has 0 saturated heterocycles. The number of nitro benzene ring substituents is 1. The van der Waals surface area contributed by atoms with Gasteiger partial charge in [-0.2, -0.15) is 10.1 Å². The predicted octanol–water partition coefficient (Wildman–Crippen LogP) is 3.51. The van der Waals surface area contributed by atoms with Gasteiger partial charge in [-0.05, 0) is 32.0 Å². The maximum Gasteiger partial charge on any atom is 0.275 e. The molecular formula is C21H20N6O4. The quantitative estimate of drug-likeness (QED) is 0.462. The molecule has 158 valence electrons. The van der Waals surface area contributed by atoms with E-state index in [4.69, 9.17) is 4.74 Å². The molecule has 10 nitrogen and oxygen atoms in total. The highest BCUT2D eigenvalue weighted by Gasteiger charge is 2.37. The molecule has 3 aromatic rings. The number of fused-ring (bicyclic) bond motifs is 1. The van der Waals surface area contributed by atoms with Crippen molar-refractivity contribution in [3.8, 4) is 5.75 Å². The lowest BCUT2D eigenvalue weighted by atomic mass is 9.93. The zero-order valence-electron chi connectivity index (χ0n) is 16.9. The zero-order valence-corrected chi connectivity index (χ0v) is 16.9. The maximum atomic E-state index is 13.4. The lowest BCUT2D eigenvalue weighted by Crippen LogP contribution is -2.32. The van der Waals surface area contributed by atoms with Gasteiger partial charge in [-0.3, -0.25) is 14.9 Å². The van der Waals surface area contributed by atoms with E-state index in [1.807, 2.05) is 13.0 Å².